The Bertz CT molecular complexity index is 629. The maximum atomic E-state index is 12.0. The number of anilines is 1. The first-order valence-corrected chi connectivity index (χ1v) is 7.55. The van der Waals surface area contributed by atoms with Crippen molar-refractivity contribution in [3.05, 3.63) is 24.3 Å². The number of para-hydroxylation sites is 2. The van der Waals surface area contributed by atoms with Crippen molar-refractivity contribution in [3.8, 4) is 0 Å². The second-order valence-corrected chi connectivity index (χ2v) is 5.52. The summed E-state index contributed by atoms with van der Waals surface area (Å²) in [7, 11) is 1.60. The molecule has 0 saturated heterocycles. The molecule has 1 saturated carbocycles. The number of carbonyl (C=O) groups is 1. The third-order valence-electron chi connectivity index (χ3n) is 4.07. The van der Waals surface area contributed by atoms with Gasteiger partial charge in [0.15, 0.2) is 0 Å². The summed E-state index contributed by atoms with van der Waals surface area (Å²) in [5.74, 6) is 0.621. The van der Waals surface area contributed by atoms with Crippen molar-refractivity contribution in [1.82, 2.24) is 9.55 Å². The SMILES string of the molecule is COCCC(=O)Nc1nc2ccccc2n1C1CCCC1. The minimum atomic E-state index is -0.0496. The molecule has 112 valence electrons. The second-order valence-electron chi connectivity index (χ2n) is 5.52. The molecule has 3 rings (SSSR count). The van der Waals surface area contributed by atoms with Gasteiger partial charge in [-0.3, -0.25) is 10.1 Å². The number of hydrogen-bond acceptors (Lipinski definition) is 3. The molecular weight excluding hydrogens is 266 g/mol. The number of ether oxygens (including phenoxy) is 1. The maximum Gasteiger partial charge on any atom is 0.229 e. The summed E-state index contributed by atoms with van der Waals surface area (Å²) in [6, 6.07) is 8.50. The Hall–Kier alpha value is -1.88. The van der Waals surface area contributed by atoms with Gasteiger partial charge in [0.1, 0.15) is 0 Å². The number of hydrogen-bond donors (Lipinski definition) is 1. The molecule has 0 radical (unpaired) electrons. The van der Waals surface area contributed by atoms with Gasteiger partial charge in [0.05, 0.1) is 24.1 Å². The van der Waals surface area contributed by atoms with Crippen molar-refractivity contribution in [3.63, 3.8) is 0 Å². The van der Waals surface area contributed by atoms with Gasteiger partial charge in [-0.15, -0.1) is 0 Å². The number of rotatable bonds is 5. The smallest absolute Gasteiger partial charge is 0.229 e. The number of nitrogens with zero attached hydrogens (tertiary/aromatic N) is 2. The van der Waals surface area contributed by atoms with E-state index in [0.717, 1.165) is 23.9 Å². The van der Waals surface area contributed by atoms with Gasteiger partial charge < -0.3 is 9.30 Å². The molecule has 0 aliphatic heterocycles. The van der Waals surface area contributed by atoms with Crippen molar-refractivity contribution in [2.45, 2.75) is 38.1 Å². The predicted molar refractivity (Wildman–Crippen MR) is 82.4 cm³/mol. The van der Waals surface area contributed by atoms with Crippen LogP contribution in [0.4, 0.5) is 5.95 Å². The first-order valence-electron chi connectivity index (χ1n) is 7.55. The van der Waals surface area contributed by atoms with Gasteiger partial charge in [-0.1, -0.05) is 25.0 Å². The molecule has 1 aliphatic rings. The quantitative estimate of drug-likeness (QED) is 0.919. The summed E-state index contributed by atoms with van der Waals surface area (Å²) in [6.45, 7) is 0.426. The van der Waals surface area contributed by atoms with E-state index >= 15 is 0 Å². The molecule has 1 N–H and O–H groups in total. The highest BCUT2D eigenvalue weighted by atomic mass is 16.5. The maximum absolute atomic E-state index is 12.0. The van der Waals surface area contributed by atoms with Crippen LogP contribution in [-0.4, -0.2) is 29.2 Å². The van der Waals surface area contributed by atoms with Gasteiger partial charge in [0, 0.05) is 13.2 Å². The summed E-state index contributed by atoms with van der Waals surface area (Å²) < 4.78 is 7.15. The van der Waals surface area contributed by atoms with Crippen LogP contribution in [0.2, 0.25) is 0 Å². The normalized spacial score (nSPS) is 15.7. The van der Waals surface area contributed by atoms with E-state index in [1.807, 2.05) is 18.2 Å². The van der Waals surface area contributed by atoms with Gasteiger partial charge in [-0.2, -0.15) is 0 Å². The number of benzene rings is 1. The zero-order valence-corrected chi connectivity index (χ0v) is 12.3. The van der Waals surface area contributed by atoms with E-state index in [4.69, 9.17) is 4.74 Å². The van der Waals surface area contributed by atoms with E-state index in [1.165, 1.54) is 12.8 Å². The molecule has 0 spiro atoms. The highest BCUT2D eigenvalue weighted by Gasteiger charge is 2.23. The molecule has 5 heteroatoms. The third-order valence-corrected chi connectivity index (χ3v) is 4.07. The number of nitrogens with one attached hydrogen (secondary N) is 1. The number of carbonyl (C=O) groups excluding carboxylic acids is 1. The summed E-state index contributed by atoms with van der Waals surface area (Å²) in [4.78, 5) is 16.6. The van der Waals surface area contributed by atoms with Crippen LogP contribution < -0.4 is 5.32 Å². The number of imidazole rings is 1. The molecular formula is C16H21N3O2. The Kier molecular flexibility index (Phi) is 4.20. The van der Waals surface area contributed by atoms with Crippen LogP contribution in [0.1, 0.15) is 38.1 Å². The fourth-order valence-electron chi connectivity index (χ4n) is 3.05. The van der Waals surface area contributed by atoms with E-state index in [-0.39, 0.29) is 5.91 Å². The topological polar surface area (TPSA) is 56.1 Å². The molecule has 1 fully saturated rings. The van der Waals surface area contributed by atoms with Crippen LogP contribution >= 0.6 is 0 Å². The summed E-state index contributed by atoms with van der Waals surface area (Å²) in [5.41, 5.74) is 2.04. The van der Waals surface area contributed by atoms with Crippen molar-refractivity contribution in [1.29, 1.82) is 0 Å². The average Bonchev–Trinajstić information content (AvgIpc) is 3.11. The standard InChI is InChI=1S/C16H21N3O2/c1-21-11-10-15(20)18-16-17-13-8-4-5-9-14(13)19(16)12-6-2-3-7-12/h4-5,8-9,12H,2-3,6-7,10-11H2,1H3,(H,17,18,20). The number of aromatic nitrogens is 2. The van der Waals surface area contributed by atoms with Crippen LogP contribution in [0.3, 0.4) is 0 Å². The molecule has 0 bridgehead atoms. The predicted octanol–water partition coefficient (Wildman–Crippen LogP) is 3.13. The first-order chi connectivity index (χ1) is 10.3. The lowest BCUT2D eigenvalue weighted by Crippen LogP contribution is -2.18. The summed E-state index contributed by atoms with van der Waals surface area (Å²) in [5, 5.41) is 2.94. The molecule has 1 aromatic carbocycles. The van der Waals surface area contributed by atoms with Crippen LogP contribution in [0, 0.1) is 0 Å². The lowest BCUT2D eigenvalue weighted by Gasteiger charge is -2.16. The number of methoxy groups -OCH3 is 1. The lowest BCUT2D eigenvalue weighted by molar-refractivity contribution is -0.117. The van der Waals surface area contributed by atoms with E-state index < -0.39 is 0 Å². The minimum absolute atomic E-state index is 0.0496. The molecule has 1 amide bonds. The van der Waals surface area contributed by atoms with Crippen LogP contribution in [0.15, 0.2) is 24.3 Å². The van der Waals surface area contributed by atoms with Gasteiger partial charge in [0.25, 0.3) is 0 Å². The molecule has 0 atom stereocenters. The second kappa shape index (κ2) is 6.26. The van der Waals surface area contributed by atoms with E-state index in [9.17, 15) is 4.79 Å². The van der Waals surface area contributed by atoms with E-state index in [2.05, 4.69) is 20.9 Å². The van der Waals surface area contributed by atoms with Crippen molar-refractivity contribution in [2.75, 3.05) is 19.0 Å². The van der Waals surface area contributed by atoms with E-state index in [1.54, 1.807) is 7.11 Å². The van der Waals surface area contributed by atoms with Crippen molar-refractivity contribution < 1.29 is 9.53 Å². The minimum Gasteiger partial charge on any atom is -0.384 e. The molecule has 0 unspecified atom stereocenters. The Balaban J connectivity index is 1.92. The van der Waals surface area contributed by atoms with E-state index in [0.29, 0.717) is 25.0 Å². The molecule has 1 aliphatic carbocycles. The zero-order valence-electron chi connectivity index (χ0n) is 12.3. The lowest BCUT2D eigenvalue weighted by atomic mass is 10.2. The Morgan fingerprint density at radius 1 is 1.38 bits per heavy atom. The molecule has 1 heterocycles. The largest absolute Gasteiger partial charge is 0.384 e. The average molecular weight is 287 g/mol. The molecule has 2 aromatic rings. The Labute approximate surface area is 124 Å². The monoisotopic (exact) mass is 287 g/mol. The molecule has 5 nitrogen and oxygen atoms in total. The van der Waals surface area contributed by atoms with Crippen LogP contribution in [0.25, 0.3) is 11.0 Å². The van der Waals surface area contributed by atoms with Gasteiger partial charge in [-0.05, 0) is 25.0 Å². The van der Waals surface area contributed by atoms with Gasteiger partial charge in [-0.25, -0.2) is 4.98 Å². The van der Waals surface area contributed by atoms with Crippen molar-refractivity contribution >= 4 is 22.9 Å². The fraction of sp³-hybridized carbons (Fsp3) is 0.500. The third kappa shape index (κ3) is 2.93. The molecule has 21 heavy (non-hydrogen) atoms. The first kappa shape index (κ1) is 14.1. The fourth-order valence-corrected chi connectivity index (χ4v) is 3.05. The summed E-state index contributed by atoms with van der Waals surface area (Å²) in [6.07, 6.45) is 5.15. The van der Waals surface area contributed by atoms with Gasteiger partial charge >= 0.3 is 0 Å². The van der Waals surface area contributed by atoms with Crippen molar-refractivity contribution in [2.24, 2.45) is 0 Å². The highest BCUT2D eigenvalue weighted by Crippen LogP contribution is 2.35. The van der Waals surface area contributed by atoms with Gasteiger partial charge in [0.2, 0.25) is 11.9 Å². The number of amides is 1. The highest BCUT2D eigenvalue weighted by molar-refractivity contribution is 5.91. The van der Waals surface area contributed by atoms with Crippen LogP contribution in [0.5, 0.6) is 0 Å². The molecule has 1 aromatic heterocycles. The zero-order chi connectivity index (χ0) is 14.7. The summed E-state index contributed by atoms with van der Waals surface area (Å²) >= 11 is 0. The Morgan fingerprint density at radius 2 is 2.14 bits per heavy atom. The number of fused-ring (bicyclic) bond motifs is 1. The van der Waals surface area contributed by atoms with Crippen LogP contribution in [-0.2, 0) is 9.53 Å². The Morgan fingerprint density at radius 3 is 2.90 bits per heavy atom.